The van der Waals surface area contributed by atoms with E-state index in [9.17, 15) is 0 Å². The Hall–Kier alpha value is -3.48. The predicted octanol–water partition coefficient (Wildman–Crippen LogP) is 7.83. The van der Waals surface area contributed by atoms with Crippen LogP contribution in [-0.2, 0) is 4.57 Å². The van der Waals surface area contributed by atoms with Gasteiger partial charge in [-0.25, -0.2) is 0 Å². The van der Waals surface area contributed by atoms with Gasteiger partial charge in [-0.05, 0) is 41.8 Å². The average molecular weight is 490 g/mol. The summed E-state index contributed by atoms with van der Waals surface area (Å²) < 4.78 is 15.1. The highest BCUT2D eigenvalue weighted by atomic mass is 31.2. The minimum absolute atomic E-state index is 0.424. The third kappa shape index (κ3) is 4.43. The molecule has 0 saturated carbocycles. The Bertz CT molecular complexity index is 1460. The number of rotatable bonds is 8. The van der Waals surface area contributed by atoms with Gasteiger partial charge in [0.2, 0.25) is 0 Å². The lowest BCUT2D eigenvalue weighted by molar-refractivity contribution is 0.592. The highest BCUT2D eigenvalue weighted by Gasteiger charge is 2.31. The fourth-order valence-corrected chi connectivity index (χ4v) is 7.96. The average Bonchev–Trinajstić information content (AvgIpc) is 2.96. The molecule has 0 aliphatic rings. The zero-order valence-corrected chi connectivity index (χ0v) is 21.9. The van der Waals surface area contributed by atoms with E-state index < -0.39 is 7.14 Å². The molecule has 0 bridgehead atoms. The van der Waals surface area contributed by atoms with E-state index in [0.717, 1.165) is 57.2 Å². The molecule has 0 aliphatic carbocycles. The van der Waals surface area contributed by atoms with E-state index in [1.165, 1.54) is 5.56 Å². The van der Waals surface area contributed by atoms with Crippen molar-refractivity contribution in [2.75, 3.05) is 0 Å². The molecule has 3 heteroatoms. The van der Waals surface area contributed by atoms with Gasteiger partial charge in [0.25, 0.3) is 0 Å². The number of benzene rings is 4. The van der Waals surface area contributed by atoms with Crippen LogP contribution < -0.4 is 15.9 Å². The van der Waals surface area contributed by atoms with Crippen molar-refractivity contribution in [1.82, 2.24) is 4.98 Å². The standard InChI is InChI=1S/C33H32NOP/c1-3-13-25(4-2)30-21-20-29(24-32(30)33-31-19-12-11-14-26(31)22-23-34-33)36(35,27-15-7-5-8-16-27)28-17-9-6-10-18-28/h5-12,14-25H,3-4,13H2,1-2H3. The van der Waals surface area contributed by atoms with E-state index in [-0.39, 0.29) is 0 Å². The fourth-order valence-electron chi connectivity index (χ4n) is 5.29. The number of aromatic nitrogens is 1. The first-order chi connectivity index (χ1) is 17.7. The summed E-state index contributed by atoms with van der Waals surface area (Å²) >= 11 is 0. The largest absolute Gasteiger partial charge is 0.309 e. The first kappa shape index (κ1) is 24.2. The van der Waals surface area contributed by atoms with Gasteiger partial charge in [-0.2, -0.15) is 0 Å². The van der Waals surface area contributed by atoms with Crippen molar-refractivity contribution in [3.63, 3.8) is 0 Å². The topological polar surface area (TPSA) is 30.0 Å². The Morgan fingerprint density at radius 3 is 2.00 bits per heavy atom. The molecule has 1 atom stereocenters. The van der Waals surface area contributed by atoms with Crippen LogP contribution in [0.15, 0.2) is 115 Å². The van der Waals surface area contributed by atoms with Crippen LogP contribution in [0.4, 0.5) is 0 Å². The van der Waals surface area contributed by atoms with E-state index in [1.54, 1.807) is 0 Å². The van der Waals surface area contributed by atoms with Crippen LogP contribution in [0.5, 0.6) is 0 Å². The summed E-state index contributed by atoms with van der Waals surface area (Å²) in [6, 6.07) is 36.8. The molecular formula is C33H32NOP. The molecule has 1 heterocycles. The van der Waals surface area contributed by atoms with Crippen LogP contribution in [0, 0.1) is 0 Å². The molecule has 1 unspecified atom stereocenters. The Kier molecular flexibility index (Phi) is 7.16. The Labute approximate surface area is 214 Å². The van der Waals surface area contributed by atoms with E-state index >= 15 is 4.57 Å². The SMILES string of the molecule is CCCC(CC)c1ccc(P(=O)(c2ccccc2)c2ccccc2)cc1-c1nccc2ccccc12. The van der Waals surface area contributed by atoms with Crippen molar-refractivity contribution < 1.29 is 4.57 Å². The van der Waals surface area contributed by atoms with Gasteiger partial charge in [0, 0.05) is 33.1 Å². The maximum atomic E-state index is 15.1. The second kappa shape index (κ2) is 10.6. The summed E-state index contributed by atoms with van der Waals surface area (Å²) in [5.41, 5.74) is 3.35. The van der Waals surface area contributed by atoms with E-state index in [0.29, 0.717) is 5.92 Å². The number of nitrogens with zero attached hydrogens (tertiary/aromatic N) is 1. The summed E-state index contributed by atoms with van der Waals surface area (Å²) in [6.07, 6.45) is 5.18. The van der Waals surface area contributed by atoms with E-state index in [1.807, 2.05) is 66.9 Å². The molecule has 5 aromatic rings. The van der Waals surface area contributed by atoms with Crippen molar-refractivity contribution in [3.8, 4) is 11.3 Å². The molecule has 4 aromatic carbocycles. The van der Waals surface area contributed by atoms with Gasteiger partial charge in [-0.1, -0.05) is 117 Å². The maximum Gasteiger partial charge on any atom is 0.171 e. The molecule has 0 fully saturated rings. The predicted molar refractivity (Wildman–Crippen MR) is 155 cm³/mol. The van der Waals surface area contributed by atoms with E-state index in [4.69, 9.17) is 4.98 Å². The Balaban J connectivity index is 1.81. The molecule has 0 amide bonds. The van der Waals surface area contributed by atoms with Crippen molar-refractivity contribution in [2.45, 2.75) is 39.0 Å². The molecule has 0 spiro atoms. The van der Waals surface area contributed by atoms with Gasteiger partial charge >= 0.3 is 0 Å². The van der Waals surface area contributed by atoms with Crippen LogP contribution in [-0.4, -0.2) is 4.98 Å². The van der Waals surface area contributed by atoms with Crippen LogP contribution in [0.3, 0.4) is 0 Å². The van der Waals surface area contributed by atoms with Crippen molar-refractivity contribution in [3.05, 3.63) is 121 Å². The summed E-state index contributed by atoms with van der Waals surface area (Å²) in [5.74, 6) is 0.424. The van der Waals surface area contributed by atoms with Crippen LogP contribution in [0.25, 0.3) is 22.0 Å². The quantitative estimate of drug-likeness (QED) is 0.208. The summed E-state index contributed by atoms with van der Waals surface area (Å²) in [7, 11) is -3.09. The smallest absolute Gasteiger partial charge is 0.171 e. The zero-order valence-electron chi connectivity index (χ0n) is 21.0. The third-order valence-electron chi connectivity index (χ3n) is 7.14. The summed E-state index contributed by atoms with van der Waals surface area (Å²) in [4.78, 5) is 4.89. The Morgan fingerprint density at radius 1 is 0.722 bits per heavy atom. The summed E-state index contributed by atoms with van der Waals surface area (Å²) in [6.45, 7) is 4.50. The molecule has 5 rings (SSSR count). The molecule has 0 saturated heterocycles. The van der Waals surface area contributed by atoms with Crippen molar-refractivity contribution in [2.24, 2.45) is 0 Å². The first-order valence-corrected chi connectivity index (χ1v) is 14.6. The monoisotopic (exact) mass is 489 g/mol. The highest BCUT2D eigenvalue weighted by Crippen LogP contribution is 2.45. The Morgan fingerprint density at radius 2 is 1.36 bits per heavy atom. The summed E-state index contributed by atoms with van der Waals surface area (Å²) in [5, 5.41) is 4.83. The molecule has 180 valence electrons. The van der Waals surface area contributed by atoms with Crippen LogP contribution in [0.2, 0.25) is 0 Å². The lowest BCUT2D eigenvalue weighted by Crippen LogP contribution is -2.25. The van der Waals surface area contributed by atoms with Gasteiger partial charge in [0.1, 0.15) is 0 Å². The van der Waals surface area contributed by atoms with Gasteiger partial charge in [0.15, 0.2) is 7.14 Å². The molecule has 36 heavy (non-hydrogen) atoms. The van der Waals surface area contributed by atoms with Gasteiger partial charge < -0.3 is 4.57 Å². The normalized spacial score (nSPS) is 12.5. The van der Waals surface area contributed by atoms with Gasteiger partial charge in [-0.15, -0.1) is 0 Å². The lowest BCUT2D eigenvalue weighted by Gasteiger charge is -2.24. The van der Waals surface area contributed by atoms with Crippen molar-refractivity contribution >= 4 is 33.8 Å². The minimum Gasteiger partial charge on any atom is -0.309 e. The second-order valence-corrected chi connectivity index (χ2v) is 12.1. The molecule has 0 aliphatic heterocycles. The van der Waals surface area contributed by atoms with Crippen LogP contribution >= 0.6 is 7.14 Å². The lowest BCUT2D eigenvalue weighted by atomic mass is 9.86. The molecular weight excluding hydrogens is 457 g/mol. The highest BCUT2D eigenvalue weighted by molar-refractivity contribution is 7.85. The number of fused-ring (bicyclic) bond motifs is 1. The molecule has 0 radical (unpaired) electrons. The van der Waals surface area contributed by atoms with Gasteiger partial charge in [-0.3, -0.25) is 4.98 Å². The fraction of sp³-hybridized carbons (Fsp3) is 0.182. The minimum atomic E-state index is -3.09. The van der Waals surface area contributed by atoms with E-state index in [2.05, 4.69) is 62.4 Å². The number of hydrogen-bond acceptors (Lipinski definition) is 2. The molecule has 0 N–H and O–H groups in total. The maximum absolute atomic E-state index is 15.1. The van der Waals surface area contributed by atoms with Gasteiger partial charge in [0.05, 0.1) is 5.69 Å². The molecule has 2 nitrogen and oxygen atoms in total. The number of pyridine rings is 1. The number of hydrogen-bond donors (Lipinski definition) is 0. The third-order valence-corrected chi connectivity index (χ3v) is 10.2. The first-order valence-electron chi connectivity index (χ1n) is 12.9. The molecule has 1 aromatic heterocycles. The van der Waals surface area contributed by atoms with Crippen molar-refractivity contribution in [1.29, 1.82) is 0 Å². The second-order valence-electron chi connectivity index (χ2n) is 9.33. The van der Waals surface area contributed by atoms with Crippen LogP contribution in [0.1, 0.15) is 44.6 Å². The zero-order chi connectivity index (χ0) is 25.0.